The number of hydrogen-bond acceptors (Lipinski definition) is 4. The van der Waals surface area contributed by atoms with Crippen molar-refractivity contribution in [3.8, 4) is 10.8 Å². The molecule has 0 aromatic carbocycles. The number of hydrogen-bond donors (Lipinski definition) is 0. The van der Waals surface area contributed by atoms with Crippen LogP contribution in [0.2, 0.25) is 0 Å². The summed E-state index contributed by atoms with van der Waals surface area (Å²) in [7, 11) is 0. The van der Waals surface area contributed by atoms with Crippen molar-refractivity contribution in [1.29, 1.82) is 0 Å². The summed E-state index contributed by atoms with van der Waals surface area (Å²) in [5.41, 5.74) is 0. The summed E-state index contributed by atoms with van der Waals surface area (Å²) in [4.78, 5) is 0. The quantitative estimate of drug-likeness (QED) is 0.734. The topological polar surface area (TPSA) is 38.9 Å². The molecule has 0 N–H and O–H groups in total. The molecule has 0 bridgehead atoms. The Morgan fingerprint density at radius 1 is 1.38 bits per heavy atom. The molecule has 1 saturated carbocycles. The molecule has 13 heavy (non-hydrogen) atoms. The summed E-state index contributed by atoms with van der Waals surface area (Å²) in [6, 6.07) is 3.78. The van der Waals surface area contributed by atoms with Gasteiger partial charge in [0, 0.05) is 5.92 Å². The van der Waals surface area contributed by atoms with Gasteiger partial charge in [0.1, 0.15) is 5.01 Å². The number of aromatic nitrogens is 2. The first-order chi connectivity index (χ1) is 6.43. The van der Waals surface area contributed by atoms with Crippen molar-refractivity contribution in [2.24, 2.45) is 0 Å². The summed E-state index contributed by atoms with van der Waals surface area (Å²) >= 11 is 1.65. The lowest BCUT2D eigenvalue weighted by atomic mass is 10.5. The molecule has 2 aromatic rings. The highest BCUT2D eigenvalue weighted by molar-refractivity contribution is 7.14. The average Bonchev–Trinajstić information content (AvgIpc) is 2.72. The Balaban J connectivity index is 1.97. The molecule has 3 rings (SSSR count). The zero-order valence-electron chi connectivity index (χ0n) is 6.93. The van der Waals surface area contributed by atoms with Crippen LogP contribution in [-0.4, -0.2) is 10.2 Å². The van der Waals surface area contributed by atoms with E-state index in [0.29, 0.717) is 5.92 Å². The highest BCUT2D eigenvalue weighted by atomic mass is 32.1. The molecule has 4 heteroatoms. The maximum atomic E-state index is 5.24. The molecule has 2 aromatic heterocycles. The average molecular weight is 192 g/mol. The number of nitrogens with zero attached hydrogens (tertiary/aromatic N) is 2. The minimum atomic E-state index is 0.682. The summed E-state index contributed by atoms with van der Waals surface area (Å²) in [6.07, 6.45) is 4.20. The van der Waals surface area contributed by atoms with Crippen LogP contribution in [0.4, 0.5) is 0 Å². The van der Waals surface area contributed by atoms with Crippen molar-refractivity contribution in [1.82, 2.24) is 10.2 Å². The zero-order chi connectivity index (χ0) is 8.67. The molecule has 66 valence electrons. The first kappa shape index (κ1) is 7.26. The van der Waals surface area contributed by atoms with Crippen LogP contribution in [0.1, 0.15) is 23.8 Å². The fourth-order valence-corrected chi connectivity index (χ4v) is 2.21. The van der Waals surface area contributed by atoms with Gasteiger partial charge in [-0.1, -0.05) is 11.3 Å². The van der Waals surface area contributed by atoms with Crippen molar-refractivity contribution in [2.45, 2.75) is 18.8 Å². The van der Waals surface area contributed by atoms with Crippen LogP contribution in [-0.2, 0) is 0 Å². The molecule has 0 aliphatic heterocycles. The van der Waals surface area contributed by atoms with E-state index in [1.54, 1.807) is 17.6 Å². The first-order valence-corrected chi connectivity index (χ1v) is 5.12. The Labute approximate surface area is 79.4 Å². The smallest absolute Gasteiger partial charge is 0.183 e. The van der Waals surface area contributed by atoms with Gasteiger partial charge in [-0.15, -0.1) is 10.2 Å². The Bertz CT molecular complexity index is 403. The van der Waals surface area contributed by atoms with Gasteiger partial charge in [-0.3, -0.25) is 0 Å². The van der Waals surface area contributed by atoms with Crippen LogP contribution < -0.4 is 0 Å². The van der Waals surface area contributed by atoms with Crippen molar-refractivity contribution < 1.29 is 4.42 Å². The summed E-state index contributed by atoms with van der Waals surface area (Å²) < 4.78 is 5.24. The molecule has 0 unspecified atom stereocenters. The number of furan rings is 1. The second-order valence-corrected chi connectivity index (χ2v) is 4.21. The third-order valence-electron chi connectivity index (χ3n) is 2.10. The van der Waals surface area contributed by atoms with E-state index in [0.717, 1.165) is 15.8 Å². The molecule has 0 spiro atoms. The molecule has 0 atom stereocenters. The van der Waals surface area contributed by atoms with Gasteiger partial charge in [0.05, 0.1) is 6.26 Å². The maximum Gasteiger partial charge on any atom is 0.183 e. The second-order valence-electron chi connectivity index (χ2n) is 3.20. The van der Waals surface area contributed by atoms with Gasteiger partial charge >= 0.3 is 0 Å². The Morgan fingerprint density at radius 3 is 3.00 bits per heavy atom. The van der Waals surface area contributed by atoms with Crippen LogP contribution in [0.3, 0.4) is 0 Å². The first-order valence-electron chi connectivity index (χ1n) is 4.31. The largest absolute Gasteiger partial charge is 0.462 e. The molecule has 0 amide bonds. The predicted octanol–water partition coefficient (Wildman–Crippen LogP) is 2.68. The molecular weight excluding hydrogens is 184 g/mol. The van der Waals surface area contributed by atoms with Gasteiger partial charge in [0.2, 0.25) is 0 Å². The Morgan fingerprint density at radius 2 is 2.31 bits per heavy atom. The van der Waals surface area contributed by atoms with Crippen LogP contribution in [0.5, 0.6) is 0 Å². The molecule has 1 fully saturated rings. The lowest BCUT2D eigenvalue weighted by Gasteiger charge is -1.84. The van der Waals surface area contributed by atoms with Gasteiger partial charge in [0.15, 0.2) is 10.8 Å². The summed E-state index contributed by atoms with van der Waals surface area (Å²) in [5, 5.41) is 10.3. The summed E-state index contributed by atoms with van der Waals surface area (Å²) in [6.45, 7) is 0. The van der Waals surface area contributed by atoms with Crippen molar-refractivity contribution in [2.75, 3.05) is 0 Å². The van der Waals surface area contributed by atoms with Crippen LogP contribution in [0.25, 0.3) is 10.8 Å². The van der Waals surface area contributed by atoms with E-state index in [1.165, 1.54) is 12.8 Å². The van der Waals surface area contributed by atoms with Gasteiger partial charge in [-0.25, -0.2) is 0 Å². The van der Waals surface area contributed by atoms with Gasteiger partial charge in [-0.05, 0) is 25.0 Å². The molecular formula is C9H8N2OS. The van der Waals surface area contributed by atoms with Crippen LogP contribution >= 0.6 is 11.3 Å². The predicted molar refractivity (Wildman–Crippen MR) is 49.6 cm³/mol. The fraction of sp³-hybridized carbons (Fsp3) is 0.333. The van der Waals surface area contributed by atoms with E-state index in [9.17, 15) is 0 Å². The number of rotatable bonds is 2. The lowest BCUT2D eigenvalue weighted by Crippen LogP contribution is -1.75. The highest BCUT2D eigenvalue weighted by Crippen LogP contribution is 2.42. The van der Waals surface area contributed by atoms with E-state index in [-0.39, 0.29) is 0 Å². The van der Waals surface area contributed by atoms with Gasteiger partial charge in [0.25, 0.3) is 0 Å². The molecule has 1 aliphatic carbocycles. The van der Waals surface area contributed by atoms with Crippen molar-refractivity contribution in [3.63, 3.8) is 0 Å². The fourth-order valence-electron chi connectivity index (χ4n) is 1.23. The zero-order valence-corrected chi connectivity index (χ0v) is 7.75. The van der Waals surface area contributed by atoms with E-state index in [1.807, 2.05) is 12.1 Å². The normalized spacial score (nSPS) is 16.3. The third kappa shape index (κ3) is 1.27. The Hall–Kier alpha value is -1.16. The molecule has 3 nitrogen and oxygen atoms in total. The minimum Gasteiger partial charge on any atom is -0.462 e. The van der Waals surface area contributed by atoms with Crippen molar-refractivity contribution >= 4 is 11.3 Å². The molecule has 0 saturated heterocycles. The van der Waals surface area contributed by atoms with Crippen molar-refractivity contribution in [3.05, 3.63) is 23.4 Å². The van der Waals surface area contributed by atoms with E-state index in [2.05, 4.69) is 10.2 Å². The highest BCUT2D eigenvalue weighted by Gasteiger charge is 2.27. The van der Waals surface area contributed by atoms with Gasteiger partial charge < -0.3 is 4.42 Å². The minimum absolute atomic E-state index is 0.682. The van der Waals surface area contributed by atoms with Crippen LogP contribution in [0, 0.1) is 0 Å². The monoisotopic (exact) mass is 192 g/mol. The third-order valence-corrected chi connectivity index (χ3v) is 3.20. The van der Waals surface area contributed by atoms with E-state index in [4.69, 9.17) is 4.42 Å². The Kier molecular flexibility index (Phi) is 1.49. The second kappa shape index (κ2) is 2.67. The van der Waals surface area contributed by atoms with E-state index < -0.39 is 0 Å². The van der Waals surface area contributed by atoms with Crippen LogP contribution in [0.15, 0.2) is 22.8 Å². The molecule has 1 aliphatic rings. The summed E-state index contributed by atoms with van der Waals surface area (Å²) in [5.74, 6) is 1.51. The van der Waals surface area contributed by atoms with E-state index >= 15 is 0 Å². The van der Waals surface area contributed by atoms with Gasteiger partial charge in [-0.2, -0.15) is 0 Å². The standard InChI is InChI=1S/C9H8N2OS/c1-2-7(12-5-1)9-11-10-8(13-9)6-3-4-6/h1-2,5-6H,3-4H2. The molecule has 2 heterocycles. The maximum absolute atomic E-state index is 5.24. The molecule has 0 radical (unpaired) electrons. The lowest BCUT2D eigenvalue weighted by molar-refractivity contribution is 0.581. The SMILES string of the molecule is c1coc(-c2nnc(C3CC3)s2)c1.